The molecule has 3 rings (SSSR count). The summed E-state index contributed by atoms with van der Waals surface area (Å²) >= 11 is 0. The van der Waals surface area contributed by atoms with Gasteiger partial charge in [0.05, 0.1) is 0 Å². The maximum absolute atomic E-state index is 5.78. The van der Waals surface area contributed by atoms with Crippen molar-refractivity contribution in [1.29, 1.82) is 0 Å². The molecule has 1 atom stereocenters. The predicted octanol–water partition coefficient (Wildman–Crippen LogP) is 4.36. The van der Waals surface area contributed by atoms with Crippen LogP contribution in [0.3, 0.4) is 0 Å². The summed E-state index contributed by atoms with van der Waals surface area (Å²) in [5, 5.41) is 2.54. The Hall–Kier alpha value is -1.83. The molecule has 0 radical (unpaired) electrons. The van der Waals surface area contributed by atoms with E-state index in [1.165, 1.54) is 16.3 Å². The summed E-state index contributed by atoms with van der Waals surface area (Å²) < 4.78 is 5.78. The lowest BCUT2D eigenvalue weighted by atomic mass is 9.96. The average molecular weight is 253 g/mol. The molecule has 0 amide bonds. The van der Waals surface area contributed by atoms with Crippen LogP contribution < -0.4 is 0 Å². The van der Waals surface area contributed by atoms with E-state index in [4.69, 9.17) is 9.73 Å². The highest BCUT2D eigenvalue weighted by atomic mass is 16.5. The first-order valence-corrected chi connectivity index (χ1v) is 6.74. The standard InChI is InChI=1S/C17H19NO/c1-17(2,3)16-18-15(11-19-16)14-10-6-8-12-7-4-5-9-13(12)14/h4-10,15H,11H2,1-3H3. The molecule has 0 bridgehead atoms. The quantitative estimate of drug-likeness (QED) is 0.740. The van der Waals surface area contributed by atoms with E-state index in [1.807, 2.05) is 0 Å². The molecule has 0 aliphatic carbocycles. The fourth-order valence-corrected chi connectivity index (χ4v) is 2.48. The number of hydrogen-bond donors (Lipinski definition) is 0. The number of ether oxygens (including phenoxy) is 1. The Kier molecular flexibility index (Phi) is 2.81. The largest absolute Gasteiger partial charge is 0.478 e. The minimum Gasteiger partial charge on any atom is -0.478 e. The van der Waals surface area contributed by atoms with E-state index < -0.39 is 0 Å². The summed E-state index contributed by atoms with van der Waals surface area (Å²) in [6.07, 6.45) is 0. The number of rotatable bonds is 1. The lowest BCUT2D eigenvalue weighted by Gasteiger charge is -2.16. The van der Waals surface area contributed by atoms with Crippen molar-refractivity contribution in [3.63, 3.8) is 0 Å². The summed E-state index contributed by atoms with van der Waals surface area (Å²) in [6.45, 7) is 7.06. The smallest absolute Gasteiger partial charge is 0.189 e. The first-order chi connectivity index (χ1) is 9.05. The van der Waals surface area contributed by atoms with Crippen LogP contribution in [0.1, 0.15) is 32.4 Å². The molecule has 1 heterocycles. The molecule has 0 aromatic heterocycles. The SMILES string of the molecule is CC(C)(C)C1=NC(c2cccc3ccccc23)CO1. The Labute approximate surface area is 114 Å². The van der Waals surface area contributed by atoms with E-state index in [1.54, 1.807) is 0 Å². The average Bonchev–Trinajstić information content (AvgIpc) is 2.87. The Morgan fingerprint density at radius 2 is 1.79 bits per heavy atom. The van der Waals surface area contributed by atoms with Crippen LogP contribution in [0.5, 0.6) is 0 Å². The van der Waals surface area contributed by atoms with E-state index in [9.17, 15) is 0 Å². The van der Waals surface area contributed by atoms with Crippen LogP contribution in [0.4, 0.5) is 0 Å². The van der Waals surface area contributed by atoms with Gasteiger partial charge in [-0.15, -0.1) is 0 Å². The third-order valence-electron chi connectivity index (χ3n) is 3.47. The second-order valence-corrected chi connectivity index (χ2v) is 6.08. The summed E-state index contributed by atoms with van der Waals surface area (Å²) in [5.74, 6) is 0.866. The number of aliphatic imine (C=N–C) groups is 1. The van der Waals surface area contributed by atoms with Crippen molar-refractivity contribution >= 4 is 16.7 Å². The highest BCUT2D eigenvalue weighted by Crippen LogP contribution is 2.33. The second kappa shape index (κ2) is 4.37. The highest BCUT2D eigenvalue weighted by molar-refractivity contribution is 5.88. The fourth-order valence-electron chi connectivity index (χ4n) is 2.48. The molecule has 0 saturated carbocycles. The fraction of sp³-hybridized carbons (Fsp3) is 0.353. The third kappa shape index (κ3) is 2.23. The van der Waals surface area contributed by atoms with Gasteiger partial charge in [-0.25, -0.2) is 4.99 Å². The van der Waals surface area contributed by atoms with Crippen molar-refractivity contribution in [1.82, 2.24) is 0 Å². The van der Waals surface area contributed by atoms with Crippen LogP contribution in [0.2, 0.25) is 0 Å². The lowest BCUT2D eigenvalue weighted by Crippen LogP contribution is -2.20. The molecule has 0 N–H and O–H groups in total. The van der Waals surface area contributed by atoms with Gasteiger partial charge in [0.25, 0.3) is 0 Å². The van der Waals surface area contributed by atoms with Gasteiger partial charge in [0.2, 0.25) is 0 Å². The molecule has 0 spiro atoms. The number of fused-ring (bicyclic) bond motifs is 1. The molecule has 98 valence electrons. The normalized spacial score (nSPS) is 19.3. The minimum absolute atomic E-state index is 0.0145. The molecule has 0 fully saturated rings. The number of hydrogen-bond acceptors (Lipinski definition) is 2. The Morgan fingerprint density at radius 1 is 1.05 bits per heavy atom. The van der Waals surface area contributed by atoms with E-state index in [2.05, 4.69) is 63.2 Å². The van der Waals surface area contributed by atoms with Crippen LogP contribution in [-0.2, 0) is 4.74 Å². The maximum atomic E-state index is 5.78. The number of nitrogens with zero attached hydrogens (tertiary/aromatic N) is 1. The van der Waals surface area contributed by atoms with Gasteiger partial charge in [-0.2, -0.15) is 0 Å². The van der Waals surface area contributed by atoms with Crippen LogP contribution in [0.25, 0.3) is 10.8 Å². The Bertz CT molecular complexity index is 632. The molecule has 1 unspecified atom stereocenters. The topological polar surface area (TPSA) is 21.6 Å². The van der Waals surface area contributed by atoms with E-state index in [0.29, 0.717) is 6.61 Å². The molecule has 2 aromatic carbocycles. The first kappa shape index (κ1) is 12.2. The van der Waals surface area contributed by atoms with E-state index >= 15 is 0 Å². The molecule has 1 aliphatic heterocycles. The van der Waals surface area contributed by atoms with Crippen molar-refractivity contribution in [2.24, 2.45) is 10.4 Å². The van der Waals surface area contributed by atoms with Crippen molar-refractivity contribution in [3.8, 4) is 0 Å². The van der Waals surface area contributed by atoms with Crippen LogP contribution in [-0.4, -0.2) is 12.5 Å². The van der Waals surface area contributed by atoms with Crippen LogP contribution >= 0.6 is 0 Å². The van der Waals surface area contributed by atoms with Gasteiger partial charge in [0, 0.05) is 5.41 Å². The number of benzene rings is 2. The summed E-state index contributed by atoms with van der Waals surface area (Å²) in [5.41, 5.74) is 1.25. The van der Waals surface area contributed by atoms with Crippen molar-refractivity contribution in [3.05, 3.63) is 48.0 Å². The Balaban J connectivity index is 2.05. The zero-order valence-corrected chi connectivity index (χ0v) is 11.7. The zero-order chi connectivity index (χ0) is 13.5. The van der Waals surface area contributed by atoms with Crippen LogP contribution in [0, 0.1) is 5.41 Å². The molecule has 2 heteroatoms. The summed E-state index contributed by atoms with van der Waals surface area (Å²) in [7, 11) is 0. The lowest BCUT2D eigenvalue weighted by molar-refractivity contribution is 0.283. The Morgan fingerprint density at radius 3 is 2.53 bits per heavy atom. The van der Waals surface area contributed by atoms with Crippen molar-refractivity contribution in [2.45, 2.75) is 26.8 Å². The van der Waals surface area contributed by atoms with Crippen LogP contribution in [0.15, 0.2) is 47.5 Å². The van der Waals surface area contributed by atoms with Crippen molar-refractivity contribution in [2.75, 3.05) is 6.61 Å². The zero-order valence-electron chi connectivity index (χ0n) is 11.7. The molecule has 19 heavy (non-hydrogen) atoms. The van der Waals surface area contributed by atoms with Gasteiger partial charge in [-0.1, -0.05) is 63.2 Å². The molecule has 2 aromatic rings. The molecule has 2 nitrogen and oxygen atoms in total. The van der Waals surface area contributed by atoms with Crippen molar-refractivity contribution < 1.29 is 4.74 Å². The molecular formula is C17H19NO. The van der Waals surface area contributed by atoms with Gasteiger partial charge in [-0.05, 0) is 16.3 Å². The monoisotopic (exact) mass is 253 g/mol. The first-order valence-electron chi connectivity index (χ1n) is 6.74. The van der Waals surface area contributed by atoms with E-state index in [0.717, 1.165) is 5.90 Å². The minimum atomic E-state index is -0.0145. The highest BCUT2D eigenvalue weighted by Gasteiger charge is 2.29. The maximum Gasteiger partial charge on any atom is 0.189 e. The summed E-state index contributed by atoms with van der Waals surface area (Å²) in [6, 6.07) is 15.0. The molecule has 1 aliphatic rings. The molecule has 0 saturated heterocycles. The van der Waals surface area contributed by atoms with Gasteiger partial charge in [0.1, 0.15) is 12.6 Å². The molecular weight excluding hydrogens is 234 g/mol. The van der Waals surface area contributed by atoms with Gasteiger partial charge in [0.15, 0.2) is 5.90 Å². The van der Waals surface area contributed by atoms with E-state index in [-0.39, 0.29) is 11.5 Å². The van der Waals surface area contributed by atoms with Gasteiger partial charge >= 0.3 is 0 Å². The summed E-state index contributed by atoms with van der Waals surface area (Å²) in [4.78, 5) is 4.77. The predicted molar refractivity (Wildman–Crippen MR) is 79.5 cm³/mol. The third-order valence-corrected chi connectivity index (χ3v) is 3.47. The van der Waals surface area contributed by atoms with Gasteiger partial charge in [-0.3, -0.25) is 0 Å². The second-order valence-electron chi connectivity index (χ2n) is 6.08. The van der Waals surface area contributed by atoms with Gasteiger partial charge < -0.3 is 4.74 Å².